The van der Waals surface area contributed by atoms with E-state index in [2.05, 4.69) is 119 Å². The number of pyridine rings is 1. The number of benzene rings is 5. The van der Waals surface area contributed by atoms with E-state index in [4.69, 9.17) is 9.72 Å². The minimum Gasteiger partial charge on any atom is -0.509 e. The van der Waals surface area contributed by atoms with Crippen LogP contribution in [0.25, 0.3) is 60.8 Å². The predicted molar refractivity (Wildman–Crippen MR) is 184 cm³/mol. The fourth-order valence-electron chi connectivity index (χ4n) is 6.72. The Hall–Kier alpha value is -5.45. The Bertz CT molecular complexity index is 2540. The summed E-state index contributed by atoms with van der Waals surface area (Å²) in [5.41, 5.74) is 8.67. The van der Waals surface area contributed by atoms with E-state index in [-0.39, 0.29) is 21.1 Å². The molecular formula is C40H27N5OPt. The molecule has 0 aliphatic rings. The van der Waals surface area contributed by atoms with E-state index in [9.17, 15) is 0 Å². The van der Waals surface area contributed by atoms with Crippen molar-refractivity contribution in [2.45, 2.75) is 13.8 Å². The third-order valence-corrected chi connectivity index (χ3v) is 8.71. The molecule has 47 heavy (non-hydrogen) atoms. The Morgan fingerprint density at radius 1 is 0.617 bits per heavy atom. The van der Waals surface area contributed by atoms with Gasteiger partial charge in [0.1, 0.15) is 5.82 Å². The van der Waals surface area contributed by atoms with E-state index in [1.54, 1.807) is 10.9 Å². The van der Waals surface area contributed by atoms with Crippen LogP contribution in [-0.4, -0.2) is 23.9 Å². The maximum Gasteiger partial charge on any atom is 2.00 e. The molecule has 9 rings (SSSR count). The van der Waals surface area contributed by atoms with Gasteiger partial charge in [-0.25, -0.2) is 4.98 Å². The number of para-hydroxylation sites is 3. The van der Waals surface area contributed by atoms with Gasteiger partial charge in [0.05, 0.1) is 16.7 Å². The first-order chi connectivity index (χ1) is 22.6. The van der Waals surface area contributed by atoms with Crippen molar-refractivity contribution in [2.75, 3.05) is 0 Å². The van der Waals surface area contributed by atoms with Crippen molar-refractivity contribution in [3.8, 4) is 28.7 Å². The molecule has 0 fully saturated rings. The third kappa shape index (κ3) is 4.67. The van der Waals surface area contributed by atoms with Gasteiger partial charge < -0.3 is 13.9 Å². The summed E-state index contributed by atoms with van der Waals surface area (Å²) < 4.78 is 12.7. The maximum absolute atomic E-state index is 6.33. The number of nitrogens with zero attached hydrogens (tertiary/aromatic N) is 5. The van der Waals surface area contributed by atoms with E-state index >= 15 is 0 Å². The minimum absolute atomic E-state index is 0. The summed E-state index contributed by atoms with van der Waals surface area (Å²) in [6.07, 6.45) is 5.53. The number of aromatic nitrogens is 5. The first-order valence-corrected chi connectivity index (χ1v) is 15.3. The number of fused-ring (bicyclic) bond motifs is 6. The number of hydrogen-bond acceptors (Lipinski definition) is 3. The third-order valence-electron chi connectivity index (χ3n) is 8.71. The molecule has 0 saturated carbocycles. The van der Waals surface area contributed by atoms with E-state index < -0.39 is 0 Å². The van der Waals surface area contributed by atoms with E-state index in [0.29, 0.717) is 11.5 Å². The summed E-state index contributed by atoms with van der Waals surface area (Å²) in [7, 11) is 0. The summed E-state index contributed by atoms with van der Waals surface area (Å²) in [6, 6.07) is 44.4. The molecule has 4 aromatic heterocycles. The first-order valence-electron chi connectivity index (χ1n) is 15.3. The predicted octanol–water partition coefficient (Wildman–Crippen LogP) is 9.47. The molecule has 7 heteroatoms. The van der Waals surface area contributed by atoms with Gasteiger partial charge in [-0.3, -0.25) is 4.68 Å². The van der Waals surface area contributed by atoms with Gasteiger partial charge in [0.2, 0.25) is 0 Å². The quantitative estimate of drug-likeness (QED) is 0.164. The Morgan fingerprint density at radius 3 is 2.11 bits per heavy atom. The summed E-state index contributed by atoms with van der Waals surface area (Å²) >= 11 is 0. The number of rotatable bonds is 5. The molecule has 9 aromatic rings. The molecule has 4 heterocycles. The molecule has 228 valence electrons. The molecule has 5 aromatic carbocycles. The summed E-state index contributed by atoms with van der Waals surface area (Å²) in [4.78, 5) is 4.92. The van der Waals surface area contributed by atoms with Crippen LogP contribution in [0.1, 0.15) is 11.1 Å². The van der Waals surface area contributed by atoms with Crippen molar-refractivity contribution in [2.24, 2.45) is 0 Å². The normalized spacial score (nSPS) is 11.4. The Morgan fingerprint density at radius 2 is 1.34 bits per heavy atom. The van der Waals surface area contributed by atoms with Gasteiger partial charge >= 0.3 is 21.1 Å². The van der Waals surface area contributed by atoms with Gasteiger partial charge in [0.15, 0.2) is 0 Å². The second-order valence-corrected chi connectivity index (χ2v) is 11.5. The molecule has 6 nitrogen and oxygen atoms in total. The monoisotopic (exact) mass is 788 g/mol. The van der Waals surface area contributed by atoms with Gasteiger partial charge in [-0.05, 0) is 54.2 Å². The molecule has 0 aliphatic carbocycles. The Kier molecular flexibility index (Phi) is 7.04. The molecule has 0 aliphatic heterocycles. The van der Waals surface area contributed by atoms with Crippen LogP contribution in [0, 0.1) is 26.0 Å². The van der Waals surface area contributed by atoms with Crippen molar-refractivity contribution in [1.82, 2.24) is 23.9 Å². The molecule has 0 bridgehead atoms. The molecule has 0 saturated heterocycles. The minimum atomic E-state index is 0. The molecule has 0 radical (unpaired) electrons. The summed E-state index contributed by atoms with van der Waals surface area (Å²) in [5, 5.41) is 9.02. The van der Waals surface area contributed by atoms with Crippen LogP contribution in [0.3, 0.4) is 0 Å². The second-order valence-electron chi connectivity index (χ2n) is 11.5. The van der Waals surface area contributed by atoms with E-state index in [1.165, 1.54) is 32.9 Å². The summed E-state index contributed by atoms with van der Waals surface area (Å²) in [5.74, 6) is 1.99. The summed E-state index contributed by atoms with van der Waals surface area (Å²) in [6.45, 7) is 4.36. The Labute approximate surface area is 285 Å². The number of hydrogen-bond donors (Lipinski definition) is 0. The standard InChI is InChI=1S/C40H27N5O.Pt/c1-26-9-5-14-34-35-15-6-10-27(2)40(35)44(39(26)34)29-19-21-41-38(24-29)45-36-16-4-3-13-32(36)33-18-17-31(25-37(33)45)46-30-12-7-11-28(23-30)43-22-8-20-42-43;/h3-22,24H,1-2H3;/q-2;+2. The smallest absolute Gasteiger partial charge is 0.509 e. The van der Waals surface area contributed by atoms with Crippen molar-refractivity contribution in [3.05, 3.63) is 151 Å². The van der Waals surface area contributed by atoms with Crippen molar-refractivity contribution in [1.29, 1.82) is 0 Å². The average Bonchev–Trinajstić information content (AvgIpc) is 3.82. The van der Waals surface area contributed by atoms with Gasteiger partial charge in [0.25, 0.3) is 0 Å². The molecular weight excluding hydrogens is 762 g/mol. The fraction of sp³-hybridized carbons (Fsp3) is 0.0500. The zero-order chi connectivity index (χ0) is 30.8. The van der Waals surface area contributed by atoms with Gasteiger partial charge in [0, 0.05) is 52.4 Å². The largest absolute Gasteiger partial charge is 2.00 e. The maximum atomic E-state index is 6.33. The fourth-order valence-corrected chi connectivity index (χ4v) is 6.72. The van der Waals surface area contributed by atoms with E-state index in [0.717, 1.165) is 39.0 Å². The van der Waals surface area contributed by atoms with Crippen LogP contribution in [-0.2, 0) is 21.1 Å². The molecule has 0 N–H and O–H groups in total. The molecule has 0 atom stereocenters. The molecule has 0 spiro atoms. The van der Waals surface area contributed by atoms with E-state index in [1.807, 2.05) is 42.7 Å². The van der Waals surface area contributed by atoms with Crippen molar-refractivity contribution < 1.29 is 25.8 Å². The zero-order valence-corrected chi connectivity index (χ0v) is 27.9. The molecule has 0 amide bonds. The van der Waals surface area contributed by atoms with Crippen molar-refractivity contribution in [3.63, 3.8) is 0 Å². The average molecular weight is 789 g/mol. The van der Waals surface area contributed by atoms with Crippen LogP contribution in [0.5, 0.6) is 11.5 Å². The zero-order valence-electron chi connectivity index (χ0n) is 25.6. The van der Waals surface area contributed by atoms with Crippen LogP contribution in [0.4, 0.5) is 0 Å². The number of aryl methyl sites for hydroxylation is 2. The van der Waals surface area contributed by atoms with Crippen molar-refractivity contribution >= 4 is 43.6 Å². The van der Waals surface area contributed by atoms with Gasteiger partial charge in [-0.1, -0.05) is 60.1 Å². The Balaban J connectivity index is 0.00000324. The van der Waals surface area contributed by atoms with Crippen LogP contribution < -0.4 is 4.74 Å². The number of ether oxygens (including phenoxy) is 1. The second kappa shape index (κ2) is 11.4. The molecule has 0 unspecified atom stereocenters. The van der Waals surface area contributed by atoms with Crippen LogP contribution in [0.2, 0.25) is 0 Å². The van der Waals surface area contributed by atoms with Crippen LogP contribution in [0.15, 0.2) is 128 Å². The first kappa shape index (κ1) is 29.0. The SMILES string of the molecule is Cc1cccc2c3cccc(C)c3n(-c3ccnc(-n4c5[c-]c(Oc6[c-]c(-n7cccn7)ccc6)ccc5c5ccccc54)c3)c12.[Pt+2]. The van der Waals surface area contributed by atoms with Crippen LogP contribution >= 0.6 is 0 Å². The van der Waals surface area contributed by atoms with Gasteiger partial charge in [-0.15, -0.1) is 35.7 Å². The van der Waals surface area contributed by atoms with Gasteiger partial charge in [-0.2, -0.15) is 17.2 Å². The topological polar surface area (TPSA) is 49.8 Å².